The zero-order valence-electron chi connectivity index (χ0n) is 11.7. The minimum atomic E-state index is 0.724. The first-order valence-corrected chi connectivity index (χ1v) is 7.52. The van der Waals surface area contributed by atoms with Gasteiger partial charge in [0.15, 0.2) is 0 Å². The average Bonchev–Trinajstić information content (AvgIpc) is 3.11. The standard InChI is InChI=1S/C18H15N3/c1-2-12(1)16-6-5-15-14(4-7-17(15)20-16)13-3-8-18-19-9-10-21(18)11-13/h3-6,8-12H,1-2,7H2. The van der Waals surface area contributed by atoms with E-state index in [1.807, 2.05) is 12.4 Å². The Morgan fingerprint density at radius 2 is 2.05 bits per heavy atom. The van der Waals surface area contributed by atoms with Gasteiger partial charge >= 0.3 is 0 Å². The fourth-order valence-electron chi connectivity index (χ4n) is 3.19. The van der Waals surface area contributed by atoms with Gasteiger partial charge in [0.25, 0.3) is 0 Å². The highest BCUT2D eigenvalue weighted by Crippen LogP contribution is 2.41. The minimum Gasteiger partial charge on any atom is -0.306 e. The van der Waals surface area contributed by atoms with Crippen molar-refractivity contribution in [2.24, 2.45) is 0 Å². The summed E-state index contributed by atoms with van der Waals surface area (Å²) in [6.07, 6.45) is 11.8. The second-order valence-corrected chi connectivity index (χ2v) is 5.94. The maximum Gasteiger partial charge on any atom is 0.136 e. The molecule has 3 heterocycles. The lowest BCUT2D eigenvalue weighted by Crippen LogP contribution is -1.96. The molecule has 3 heteroatoms. The van der Waals surface area contributed by atoms with Gasteiger partial charge in [-0.15, -0.1) is 0 Å². The summed E-state index contributed by atoms with van der Waals surface area (Å²) in [5.74, 6) is 0.724. The molecule has 3 aromatic heterocycles. The third-order valence-corrected chi connectivity index (χ3v) is 4.48. The van der Waals surface area contributed by atoms with Crippen molar-refractivity contribution in [3.8, 4) is 0 Å². The van der Waals surface area contributed by atoms with Crippen LogP contribution in [0.25, 0.3) is 11.2 Å². The molecule has 0 amide bonds. The molecule has 3 aromatic rings. The quantitative estimate of drug-likeness (QED) is 0.714. The Hall–Kier alpha value is -2.42. The van der Waals surface area contributed by atoms with Crippen molar-refractivity contribution in [3.05, 3.63) is 71.4 Å². The second-order valence-electron chi connectivity index (χ2n) is 5.94. The van der Waals surface area contributed by atoms with Crippen LogP contribution < -0.4 is 0 Å². The Bertz CT molecular complexity index is 884. The van der Waals surface area contributed by atoms with Crippen LogP contribution in [0.1, 0.15) is 41.3 Å². The van der Waals surface area contributed by atoms with Gasteiger partial charge in [0, 0.05) is 42.2 Å². The van der Waals surface area contributed by atoms with E-state index in [0.29, 0.717) is 0 Å². The summed E-state index contributed by atoms with van der Waals surface area (Å²) < 4.78 is 2.07. The molecule has 21 heavy (non-hydrogen) atoms. The van der Waals surface area contributed by atoms with Crippen molar-refractivity contribution >= 4 is 11.2 Å². The lowest BCUT2D eigenvalue weighted by Gasteiger charge is -2.08. The first kappa shape index (κ1) is 11.3. The van der Waals surface area contributed by atoms with Crippen LogP contribution in [-0.4, -0.2) is 14.4 Å². The minimum absolute atomic E-state index is 0.724. The largest absolute Gasteiger partial charge is 0.306 e. The number of hydrogen-bond donors (Lipinski definition) is 0. The van der Waals surface area contributed by atoms with Crippen molar-refractivity contribution in [2.45, 2.75) is 25.2 Å². The van der Waals surface area contributed by atoms with E-state index < -0.39 is 0 Å². The molecule has 0 radical (unpaired) electrons. The van der Waals surface area contributed by atoms with Crippen LogP contribution in [0.5, 0.6) is 0 Å². The van der Waals surface area contributed by atoms with Gasteiger partial charge in [-0.3, -0.25) is 4.98 Å². The Kier molecular flexibility index (Phi) is 2.17. The third kappa shape index (κ3) is 1.74. The lowest BCUT2D eigenvalue weighted by molar-refractivity contribution is 0.977. The maximum atomic E-state index is 4.87. The van der Waals surface area contributed by atoms with Crippen molar-refractivity contribution in [3.63, 3.8) is 0 Å². The number of hydrogen-bond acceptors (Lipinski definition) is 2. The molecule has 0 aromatic carbocycles. The van der Waals surface area contributed by atoms with E-state index in [9.17, 15) is 0 Å². The SMILES string of the molecule is C1=C(c2ccc3nccn3c2)c2ccc(C3CC3)nc2C1. The molecule has 0 saturated heterocycles. The first-order chi connectivity index (χ1) is 10.4. The maximum absolute atomic E-state index is 4.87. The summed E-state index contributed by atoms with van der Waals surface area (Å²) in [5, 5.41) is 0. The van der Waals surface area contributed by atoms with E-state index in [1.54, 1.807) is 0 Å². The van der Waals surface area contributed by atoms with Gasteiger partial charge in [-0.2, -0.15) is 0 Å². The Balaban J connectivity index is 1.59. The molecule has 0 spiro atoms. The smallest absolute Gasteiger partial charge is 0.136 e. The molecular formula is C18H15N3. The van der Waals surface area contributed by atoms with Gasteiger partial charge in [-0.25, -0.2) is 4.98 Å². The van der Waals surface area contributed by atoms with Crippen molar-refractivity contribution in [1.29, 1.82) is 0 Å². The van der Waals surface area contributed by atoms with Crippen molar-refractivity contribution in [2.75, 3.05) is 0 Å². The van der Waals surface area contributed by atoms with E-state index in [0.717, 1.165) is 18.0 Å². The number of fused-ring (bicyclic) bond motifs is 2. The van der Waals surface area contributed by atoms with E-state index in [2.05, 4.69) is 45.9 Å². The summed E-state index contributed by atoms with van der Waals surface area (Å²) in [5.41, 5.74) is 7.34. The zero-order valence-corrected chi connectivity index (χ0v) is 11.7. The molecule has 2 aliphatic carbocycles. The van der Waals surface area contributed by atoms with E-state index in [4.69, 9.17) is 4.98 Å². The lowest BCUT2D eigenvalue weighted by atomic mass is 10.0. The van der Waals surface area contributed by atoms with Gasteiger partial charge < -0.3 is 4.40 Å². The van der Waals surface area contributed by atoms with Gasteiger partial charge in [-0.1, -0.05) is 12.1 Å². The molecule has 0 bridgehead atoms. The van der Waals surface area contributed by atoms with Gasteiger partial charge in [-0.05, 0) is 42.2 Å². The highest BCUT2D eigenvalue weighted by atomic mass is 15.0. The van der Waals surface area contributed by atoms with Crippen molar-refractivity contribution in [1.82, 2.24) is 14.4 Å². The molecule has 0 atom stereocenters. The molecule has 0 unspecified atom stereocenters. The molecule has 102 valence electrons. The van der Waals surface area contributed by atoms with Gasteiger partial charge in [0.2, 0.25) is 0 Å². The summed E-state index contributed by atoms with van der Waals surface area (Å²) >= 11 is 0. The summed E-state index contributed by atoms with van der Waals surface area (Å²) in [4.78, 5) is 9.17. The number of imidazole rings is 1. The van der Waals surface area contributed by atoms with E-state index in [-0.39, 0.29) is 0 Å². The topological polar surface area (TPSA) is 30.2 Å². The van der Waals surface area contributed by atoms with Crippen LogP contribution in [-0.2, 0) is 6.42 Å². The molecule has 0 N–H and O–H groups in total. The number of rotatable bonds is 2. The first-order valence-electron chi connectivity index (χ1n) is 7.52. The molecular weight excluding hydrogens is 258 g/mol. The highest BCUT2D eigenvalue weighted by Gasteiger charge is 2.27. The molecule has 1 saturated carbocycles. The molecule has 0 aliphatic heterocycles. The van der Waals surface area contributed by atoms with Crippen LogP contribution in [0.4, 0.5) is 0 Å². The third-order valence-electron chi connectivity index (χ3n) is 4.48. The van der Waals surface area contributed by atoms with Crippen molar-refractivity contribution < 1.29 is 0 Å². The summed E-state index contributed by atoms with van der Waals surface area (Å²) in [7, 11) is 0. The molecule has 1 fully saturated rings. The summed E-state index contributed by atoms with van der Waals surface area (Å²) in [6.45, 7) is 0. The van der Waals surface area contributed by atoms with Crippen LogP contribution in [0.2, 0.25) is 0 Å². The average molecular weight is 273 g/mol. The Morgan fingerprint density at radius 1 is 1.10 bits per heavy atom. The Labute approximate surface area is 123 Å². The van der Waals surface area contributed by atoms with E-state index in [1.165, 1.54) is 40.9 Å². The van der Waals surface area contributed by atoms with E-state index >= 15 is 0 Å². The Morgan fingerprint density at radius 3 is 2.95 bits per heavy atom. The molecule has 2 aliphatic rings. The predicted octanol–water partition coefficient (Wildman–Crippen LogP) is 3.59. The van der Waals surface area contributed by atoms with Crippen LogP contribution in [0.15, 0.2) is 48.9 Å². The second kappa shape index (κ2) is 4.04. The highest BCUT2D eigenvalue weighted by molar-refractivity contribution is 5.84. The van der Waals surface area contributed by atoms with Gasteiger partial charge in [0.1, 0.15) is 5.65 Å². The number of nitrogens with zero attached hydrogens (tertiary/aromatic N) is 3. The fraction of sp³-hybridized carbons (Fsp3) is 0.222. The number of pyridine rings is 2. The zero-order chi connectivity index (χ0) is 13.8. The fourth-order valence-corrected chi connectivity index (χ4v) is 3.19. The number of allylic oxidation sites excluding steroid dienone is 1. The van der Waals surface area contributed by atoms with Crippen LogP contribution in [0, 0.1) is 0 Å². The van der Waals surface area contributed by atoms with Crippen LogP contribution in [0.3, 0.4) is 0 Å². The molecule has 5 rings (SSSR count). The monoisotopic (exact) mass is 273 g/mol. The van der Waals surface area contributed by atoms with Crippen LogP contribution >= 0.6 is 0 Å². The summed E-state index contributed by atoms with van der Waals surface area (Å²) in [6, 6.07) is 8.69. The number of aromatic nitrogens is 3. The normalized spacial score (nSPS) is 17.0. The predicted molar refractivity (Wildman–Crippen MR) is 82.2 cm³/mol. The van der Waals surface area contributed by atoms with Gasteiger partial charge in [0.05, 0.1) is 5.69 Å². The molecule has 3 nitrogen and oxygen atoms in total.